The largest absolute Gasteiger partial charge is 0.444 e. The molecule has 0 bridgehead atoms. The van der Waals surface area contributed by atoms with Crippen LogP contribution in [-0.2, 0) is 33.2 Å². The Bertz CT molecular complexity index is 1220. The third-order valence-corrected chi connectivity index (χ3v) is 8.35. The van der Waals surface area contributed by atoms with Crippen LogP contribution in [-0.4, -0.2) is 159 Å². The van der Waals surface area contributed by atoms with Crippen LogP contribution < -0.4 is 27.4 Å². The highest BCUT2D eigenvalue weighted by molar-refractivity contribution is 5.69. The number of aliphatic hydroxyl groups is 5. The van der Waals surface area contributed by atoms with Gasteiger partial charge in [-0.15, -0.1) is 0 Å². The molecule has 0 radical (unpaired) electrons. The molecule has 308 valence electrons. The number of ether oxygens (including phenoxy) is 7. The molecule has 53 heavy (non-hydrogen) atoms. The first kappa shape index (κ1) is 44.8. The highest BCUT2D eigenvalue weighted by atomic mass is 16.7. The third kappa shape index (κ3) is 13.3. The quantitative estimate of drug-likeness (QED) is 0.118. The van der Waals surface area contributed by atoms with Gasteiger partial charge in [-0.2, -0.15) is 0 Å². The number of nitrogens with one attached hydrogen (secondary N) is 3. The minimum absolute atomic E-state index is 0.101. The van der Waals surface area contributed by atoms with Crippen LogP contribution in [0.5, 0.6) is 0 Å². The van der Waals surface area contributed by atoms with Gasteiger partial charge in [0.25, 0.3) is 0 Å². The van der Waals surface area contributed by atoms with Crippen molar-refractivity contribution >= 4 is 18.3 Å². The normalized spacial score (nSPS) is 36.9. The number of amides is 3. The van der Waals surface area contributed by atoms with Gasteiger partial charge in [0.2, 0.25) is 0 Å². The molecule has 2 saturated heterocycles. The molecule has 20 nitrogen and oxygen atoms in total. The van der Waals surface area contributed by atoms with Gasteiger partial charge in [-0.25, -0.2) is 14.4 Å². The van der Waals surface area contributed by atoms with Gasteiger partial charge in [0.1, 0.15) is 59.5 Å². The molecule has 1 aliphatic carbocycles. The number of rotatable bonds is 9. The number of hydrogen-bond donors (Lipinski definition) is 10. The Morgan fingerprint density at radius 2 is 1.15 bits per heavy atom. The van der Waals surface area contributed by atoms with E-state index < -0.39 is 127 Å². The molecule has 3 fully saturated rings. The van der Waals surface area contributed by atoms with Crippen molar-refractivity contribution < 1.29 is 73.1 Å². The summed E-state index contributed by atoms with van der Waals surface area (Å²) in [5.41, 5.74) is 9.82. The molecule has 14 atom stereocenters. The van der Waals surface area contributed by atoms with Gasteiger partial charge < -0.3 is 86.1 Å². The van der Waals surface area contributed by atoms with Crippen LogP contribution in [0.4, 0.5) is 14.4 Å². The lowest BCUT2D eigenvalue weighted by atomic mass is 9.83. The second kappa shape index (κ2) is 17.9. The predicted octanol–water partition coefficient (Wildman–Crippen LogP) is -1.60. The lowest BCUT2D eigenvalue weighted by Crippen LogP contribution is -2.69. The molecule has 3 amide bonds. The van der Waals surface area contributed by atoms with E-state index in [-0.39, 0.29) is 19.4 Å². The van der Waals surface area contributed by atoms with Gasteiger partial charge in [-0.1, -0.05) is 0 Å². The van der Waals surface area contributed by atoms with Crippen LogP contribution in [0.15, 0.2) is 0 Å². The van der Waals surface area contributed by atoms with Crippen molar-refractivity contribution in [3.8, 4) is 0 Å². The van der Waals surface area contributed by atoms with E-state index in [9.17, 15) is 39.9 Å². The highest BCUT2D eigenvalue weighted by Crippen LogP contribution is 2.32. The summed E-state index contributed by atoms with van der Waals surface area (Å²) in [5, 5.41) is 61.5. The average Bonchev–Trinajstić information content (AvgIpc) is 2.98. The predicted molar refractivity (Wildman–Crippen MR) is 184 cm³/mol. The lowest BCUT2D eigenvalue weighted by Gasteiger charge is -2.48. The van der Waals surface area contributed by atoms with Crippen LogP contribution in [0.2, 0.25) is 0 Å². The summed E-state index contributed by atoms with van der Waals surface area (Å²) in [7, 11) is 0. The second-order valence-corrected chi connectivity index (χ2v) is 16.6. The minimum Gasteiger partial charge on any atom is -0.444 e. The van der Waals surface area contributed by atoms with E-state index in [1.54, 1.807) is 62.3 Å². The molecule has 0 spiro atoms. The molecule has 0 aromatic carbocycles. The standard InChI is InChI=1S/C33H61N5O15/c1-31(2,3)51-28(44)36-12-18-17(40)11-16(38-30(46)53-33(7,8)9)26(47-18)50-25-15(37-29(45)52-32(4,5)6)10-14(34)24(23(25)43)49-27-22(42)20(35)21(41)19(13-39)48-27/h14-27,39-43H,10-13,34-35H2,1-9H3,(H,36,44)(H,37,45)(H,38,46)/t14-,15+,16-,17+,18-,19-,20+,21-,22-,23-,24+,25-,26-,27-/m1/s1. The first-order valence-corrected chi connectivity index (χ1v) is 17.7. The zero-order valence-corrected chi connectivity index (χ0v) is 31.9. The van der Waals surface area contributed by atoms with Crippen molar-refractivity contribution in [2.24, 2.45) is 11.5 Å². The summed E-state index contributed by atoms with van der Waals surface area (Å²) >= 11 is 0. The average molecular weight is 768 g/mol. The van der Waals surface area contributed by atoms with Crippen LogP contribution in [0, 0.1) is 0 Å². The Kier molecular flexibility index (Phi) is 15.1. The van der Waals surface area contributed by atoms with Crippen molar-refractivity contribution in [3.05, 3.63) is 0 Å². The number of alkyl carbamates (subject to hydrolysis) is 3. The molecule has 20 heteroatoms. The van der Waals surface area contributed by atoms with E-state index in [1.165, 1.54) is 0 Å². The Balaban J connectivity index is 1.94. The van der Waals surface area contributed by atoms with Gasteiger partial charge in [0, 0.05) is 19.0 Å². The van der Waals surface area contributed by atoms with E-state index in [4.69, 9.17) is 44.6 Å². The zero-order chi connectivity index (χ0) is 40.2. The maximum atomic E-state index is 13.0. The number of hydrogen-bond acceptors (Lipinski definition) is 17. The summed E-state index contributed by atoms with van der Waals surface area (Å²) in [6.07, 6.45) is -16.9. The van der Waals surface area contributed by atoms with E-state index in [2.05, 4.69) is 16.0 Å². The smallest absolute Gasteiger partial charge is 0.408 e. The van der Waals surface area contributed by atoms with E-state index >= 15 is 0 Å². The first-order chi connectivity index (χ1) is 24.3. The molecule has 0 aromatic rings. The minimum atomic E-state index is -1.71. The molecule has 1 saturated carbocycles. The molecule has 0 unspecified atom stereocenters. The lowest BCUT2D eigenvalue weighted by molar-refractivity contribution is -0.316. The van der Waals surface area contributed by atoms with E-state index in [1.807, 2.05) is 0 Å². The Labute approximate surface area is 309 Å². The van der Waals surface area contributed by atoms with Crippen molar-refractivity contribution in [1.29, 1.82) is 0 Å². The summed E-state index contributed by atoms with van der Waals surface area (Å²) in [6, 6.07) is -4.50. The Morgan fingerprint density at radius 1 is 0.660 bits per heavy atom. The summed E-state index contributed by atoms with van der Waals surface area (Å²) in [6.45, 7) is 14.1. The van der Waals surface area contributed by atoms with Crippen LogP contribution >= 0.6 is 0 Å². The van der Waals surface area contributed by atoms with Crippen LogP contribution in [0.1, 0.15) is 75.2 Å². The topological polar surface area (TPSA) is 305 Å². The Morgan fingerprint density at radius 3 is 1.68 bits per heavy atom. The Hall–Kier alpha value is -2.63. The third-order valence-electron chi connectivity index (χ3n) is 8.35. The maximum Gasteiger partial charge on any atom is 0.408 e. The number of nitrogens with two attached hydrogens (primary N) is 2. The second-order valence-electron chi connectivity index (χ2n) is 16.6. The van der Waals surface area contributed by atoms with Crippen LogP contribution in [0.3, 0.4) is 0 Å². The zero-order valence-electron chi connectivity index (χ0n) is 31.9. The fourth-order valence-corrected chi connectivity index (χ4v) is 6.01. The molecule has 0 aromatic heterocycles. The van der Waals surface area contributed by atoms with Gasteiger partial charge in [-0.05, 0) is 68.7 Å². The summed E-state index contributed by atoms with van der Waals surface area (Å²) < 4.78 is 40.1. The van der Waals surface area contributed by atoms with Gasteiger partial charge in [-0.3, -0.25) is 0 Å². The highest BCUT2D eigenvalue weighted by Gasteiger charge is 2.52. The molecule has 3 rings (SSSR count). The van der Waals surface area contributed by atoms with Crippen LogP contribution in [0.25, 0.3) is 0 Å². The first-order valence-electron chi connectivity index (χ1n) is 17.7. The SMILES string of the molecule is CC(C)(C)OC(=O)NC[C@H]1O[C@H](O[C@H]2[C@H](O)[C@@H](O[C@H]3O[C@H](CO)[C@@H](O)[C@H](N)[C@H]3O)[C@H](N)C[C@@H]2NC(=O)OC(C)(C)C)[C@H](NC(=O)OC(C)(C)C)C[C@@H]1O. The molecule has 2 heterocycles. The fourth-order valence-electron chi connectivity index (χ4n) is 6.01. The van der Waals surface area contributed by atoms with E-state index in [0.29, 0.717) is 0 Å². The molecule has 3 aliphatic rings. The van der Waals surface area contributed by atoms with E-state index in [0.717, 1.165) is 0 Å². The number of aliphatic hydroxyl groups excluding tert-OH is 5. The van der Waals surface area contributed by atoms with Crippen molar-refractivity contribution in [3.63, 3.8) is 0 Å². The van der Waals surface area contributed by atoms with Gasteiger partial charge in [0.05, 0.1) is 30.8 Å². The maximum absolute atomic E-state index is 13.0. The van der Waals surface area contributed by atoms with Gasteiger partial charge in [0.15, 0.2) is 12.6 Å². The van der Waals surface area contributed by atoms with Crippen molar-refractivity contribution in [2.45, 2.75) is 178 Å². The number of carbonyl (C=O) groups excluding carboxylic acids is 3. The monoisotopic (exact) mass is 767 g/mol. The molecule has 2 aliphatic heterocycles. The summed E-state index contributed by atoms with van der Waals surface area (Å²) in [4.78, 5) is 38.3. The van der Waals surface area contributed by atoms with Gasteiger partial charge >= 0.3 is 18.3 Å². The summed E-state index contributed by atoms with van der Waals surface area (Å²) in [5.74, 6) is 0. The van der Waals surface area contributed by atoms with Crippen molar-refractivity contribution in [2.75, 3.05) is 13.2 Å². The fraction of sp³-hybridized carbons (Fsp3) is 0.909. The number of carbonyl (C=O) groups is 3. The van der Waals surface area contributed by atoms with Crippen molar-refractivity contribution in [1.82, 2.24) is 16.0 Å². The molecular weight excluding hydrogens is 706 g/mol. The molecule has 12 N–H and O–H groups in total. The molecular formula is C33H61N5O15.